The highest BCUT2D eigenvalue weighted by molar-refractivity contribution is 5.64. The Morgan fingerprint density at radius 3 is 2.74 bits per heavy atom. The van der Waals surface area contributed by atoms with Crippen LogP contribution in [0.3, 0.4) is 0 Å². The maximum Gasteiger partial charge on any atom is 0.247 e. The number of anilines is 3. The second kappa shape index (κ2) is 7.02. The van der Waals surface area contributed by atoms with Gasteiger partial charge in [0.05, 0.1) is 5.60 Å². The van der Waals surface area contributed by atoms with Crippen molar-refractivity contribution in [3.05, 3.63) is 42.4 Å². The highest BCUT2D eigenvalue weighted by Gasteiger charge is 2.54. The van der Waals surface area contributed by atoms with Crippen LogP contribution in [0.4, 0.5) is 17.5 Å². The molecule has 0 radical (unpaired) electrons. The summed E-state index contributed by atoms with van der Waals surface area (Å²) in [7, 11) is 0. The van der Waals surface area contributed by atoms with Gasteiger partial charge in [0.25, 0.3) is 0 Å². The molecule has 1 aromatic carbocycles. The first-order chi connectivity index (χ1) is 15.0. The predicted octanol–water partition coefficient (Wildman–Crippen LogP) is 3.93. The van der Waals surface area contributed by atoms with Gasteiger partial charge in [0, 0.05) is 29.1 Å². The summed E-state index contributed by atoms with van der Waals surface area (Å²) >= 11 is 0. The zero-order valence-corrected chi connectivity index (χ0v) is 17.5. The molecule has 4 fully saturated rings. The molecule has 4 saturated carbocycles. The van der Waals surface area contributed by atoms with Crippen molar-refractivity contribution in [3.63, 3.8) is 0 Å². The third-order valence-corrected chi connectivity index (χ3v) is 7.24. The Balaban J connectivity index is 1.22. The van der Waals surface area contributed by atoms with Gasteiger partial charge in [0.1, 0.15) is 5.82 Å². The van der Waals surface area contributed by atoms with Gasteiger partial charge in [-0.25, -0.2) is 4.98 Å². The Morgan fingerprint density at radius 1 is 1.16 bits per heavy atom. The molecule has 160 valence electrons. The molecular formula is C23H26N6O2. The molecule has 7 rings (SSSR count). The van der Waals surface area contributed by atoms with Crippen LogP contribution in [0.1, 0.15) is 37.7 Å². The van der Waals surface area contributed by atoms with Gasteiger partial charge in [0.2, 0.25) is 18.2 Å². The van der Waals surface area contributed by atoms with E-state index in [2.05, 4.69) is 25.8 Å². The van der Waals surface area contributed by atoms with Crippen LogP contribution < -0.4 is 10.6 Å². The molecular weight excluding hydrogens is 392 g/mol. The first-order valence-corrected chi connectivity index (χ1v) is 11.0. The van der Waals surface area contributed by atoms with Crippen molar-refractivity contribution in [1.82, 2.24) is 20.2 Å². The van der Waals surface area contributed by atoms with Crippen LogP contribution in [0.15, 0.2) is 41.3 Å². The maximum absolute atomic E-state index is 10.9. The lowest BCUT2D eigenvalue weighted by atomic mass is 9.52. The molecule has 0 saturated heterocycles. The Bertz CT molecular complexity index is 1090. The lowest BCUT2D eigenvalue weighted by molar-refractivity contribution is -0.129. The van der Waals surface area contributed by atoms with E-state index in [9.17, 15) is 5.11 Å². The van der Waals surface area contributed by atoms with E-state index >= 15 is 0 Å². The summed E-state index contributed by atoms with van der Waals surface area (Å²) in [5.74, 6) is 3.62. The molecule has 31 heavy (non-hydrogen) atoms. The predicted molar refractivity (Wildman–Crippen MR) is 116 cm³/mol. The smallest absolute Gasteiger partial charge is 0.247 e. The average Bonchev–Trinajstić information content (AvgIpc) is 3.27. The molecule has 0 spiro atoms. The summed E-state index contributed by atoms with van der Waals surface area (Å²) in [6.07, 6.45) is 8.42. The van der Waals surface area contributed by atoms with E-state index in [1.54, 1.807) is 0 Å². The van der Waals surface area contributed by atoms with E-state index in [-0.39, 0.29) is 0 Å². The number of aryl methyl sites for hydroxylation is 1. The Morgan fingerprint density at radius 2 is 2.00 bits per heavy atom. The van der Waals surface area contributed by atoms with E-state index in [0.29, 0.717) is 35.6 Å². The van der Waals surface area contributed by atoms with Crippen LogP contribution >= 0.6 is 0 Å². The van der Waals surface area contributed by atoms with Crippen LogP contribution in [0, 0.1) is 24.7 Å². The van der Waals surface area contributed by atoms with Gasteiger partial charge >= 0.3 is 0 Å². The second-order valence-corrected chi connectivity index (χ2v) is 9.54. The van der Waals surface area contributed by atoms with E-state index in [1.165, 1.54) is 19.2 Å². The van der Waals surface area contributed by atoms with Crippen LogP contribution in [0.5, 0.6) is 0 Å². The average molecular weight is 419 g/mol. The van der Waals surface area contributed by atoms with Crippen molar-refractivity contribution in [1.29, 1.82) is 0 Å². The highest BCUT2D eigenvalue weighted by Crippen LogP contribution is 2.56. The number of nitrogens with zero attached hydrogens (tertiary/aromatic N) is 4. The molecule has 2 unspecified atom stereocenters. The van der Waals surface area contributed by atoms with Crippen molar-refractivity contribution in [2.75, 3.05) is 10.6 Å². The van der Waals surface area contributed by atoms with Gasteiger partial charge in [-0.2, -0.15) is 4.98 Å². The molecule has 2 aromatic heterocycles. The Kier molecular flexibility index (Phi) is 4.24. The number of aliphatic hydroxyl groups is 1. The highest BCUT2D eigenvalue weighted by atomic mass is 16.4. The Hall–Kier alpha value is -3.00. The third kappa shape index (κ3) is 3.44. The van der Waals surface area contributed by atoms with Gasteiger partial charge in [0.15, 0.2) is 0 Å². The van der Waals surface area contributed by atoms with Crippen LogP contribution in [-0.4, -0.2) is 36.9 Å². The number of hydrogen-bond acceptors (Lipinski definition) is 8. The molecule has 2 atom stereocenters. The first kappa shape index (κ1) is 18.7. The van der Waals surface area contributed by atoms with E-state index in [1.807, 2.05) is 37.4 Å². The fourth-order valence-corrected chi connectivity index (χ4v) is 6.18. The first-order valence-electron chi connectivity index (χ1n) is 11.0. The van der Waals surface area contributed by atoms with Gasteiger partial charge < -0.3 is 20.2 Å². The molecule has 0 aliphatic heterocycles. The van der Waals surface area contributed by atoms with E-state index in [0.717, 1.165) is 41.9 Å². The molecule has 3 aromatic rings. The minimum Gasteiger partial charge on any atom is -0.423 e. The summed E-state index contributed by atoms with van der Waals surface area (Å²) in [6.45, 7) is 2.03. The standard InChI is InChI=1S/C23H26N6O2/c1-13-11-24-22(26-18-4-2-3-15(7-18)21-29-25-12-31-21)28-20(13)27-19-16-5-14-6-17(19)10-23(30,8-14)9-16/h2-4,7,11-12,14,16-17,19,30H,5-6,8-10H2,1H3,(H2,24,26,27,28). The Labute approximate surface area is 180 Å². The monoisotopic (exact) mass is 418 g/mol. The number of aromatic nitrogens is 4. The summed E-state index contributed by atoms with van der Waals surface area (Å²) < 4.78 is 5.29. The number of rotatable bonds is 5. The zero-order valence-electron chi connectivity index (χ0n) is 17.5. The fraction of sp³-hybridized carbons (Fsp3) is 0.478. The van der Waals surface area contributed by atoms with Crippen LogP contribution in [0.25, 0.3) is 11.5 Å². The second-order valence-electron chi connectivity index (χ2n) is 9.54. The molecule has 8 nitrogen and oxygen atoms in total. The van der Waals surface area contributed by atoms with Crippen molar-refractivity contribution in [2.45, 2.75) is 50.7 Å². The summed E-state index contributed by atoms with van der Waals surface area (Å²) in [4.78, 5) is 9.25. The molecule has 4 bridgehead atoms. The van der Waals surface area contributed by atoms with Crippen molar-refractivity contribution in [3.8, 4) is 11.5 Å². The maximum atomic E-state index is 10.9. The van der Waals surface area contributed by atoms with Crippen molar-refractivity contribution in [2.24, 2.45) is 17.8 Å². The lowest BCUT2D eigenvalue weighted by Gasteiger charge is -2.58. The minimum absolute atomic E-state index is 0.374. The number of nitrogens with one attached hydrogen (secondary N) is 2. The molecule has 4 aliphatic rings. The quantitative estimate of drug-likeness (QED) is 0.572. The third-order valence-electron chi connectivity index (χ3n) is 7.24. The fourth-order valence-electron chi connectivity index (χ4n) is 6.18. The largest absolute Gasteiger partial charge is 0.423 e. The lowest BCUT2D eigenvalue weighted by Crippen LogP contribution is -2.59. The molecule has 3 N–H and O–H groups in total. The van der Waals surface area contributed by atoms with Gasteiger partial charge in [-0.3, -0.25) is 0 Å². The summed E-state index contributed by atoms with van der Waals surface area (Å²) in [6, 6.07) is 8.10. The van der Waals surface area contributed by atoms with Crippen molar-refractivity contribution < 1.29 is 9.52 Å². The van der Waals surface area contributed by atoms with E-state index < -0.39 is 5.60 Å². The van der Waals surface area contributed by atoms with E-state index in [4.69, 9.17) is 9.40 Å². The summed E-state index contributed by atoms with van der Waals surface area (Å²) in [5.41, 5.74) is 2.28. The topological polar surface area (TPSA) is 109 Å². The summed E-state index contributed by atoms with van der Waals surface area (Å²) in [5, 5.41) is 25.6. The van der Waals surface area contributed by atoms with Crippen LogP contribution in [-0.2, 0) is 0 Å². The molecule has 4 aliphatic carbocycles. The molecule has 0 amide bonds. The van der Waals surface area contributed by atoms with Gasteiger partial charge in [-0.05, 0) is 75.0 Å². The molecule has 8 heteroatoms. The zero-order chi connectivity index (χ0) is 21.0. The SMILES string of the molecule is Cc1cnc(Nc2cccc(-c3nnco3)c2)nc1NC1C2CC3CC1CC(O)(C3)C2. The van der Waals surface area contributed by atoms with Crippen LogP contribution in [0.2, 0.25) is 0 Å². The number of hydrogen-bond donors (Lipinski definition) is 3. The van der Waals surface area contributed by atoms with Gasteiger partial charge in [-0.15, -0.1) is 10.2 Å². The molecule has 2 heterocycles. The normalized spacial score (nSPS) is 31.0. The van der Waals surface area contributed by atoms with Gasteiger partial charge in [-0.1, -0.05) is 6.07 Å². The number of benzene rings is 1. The minimum atomic E-state index is -0.425. The van der Waals surface area contributed by atoms with Crippen molar-refractivity contribution >= 4 is 17.5 Å².